The van der Waals surface area contributed by atoms with Gasteiger partial charge in [0.2, 0.25) is 15.9 Å². The molecular formula is C20H25N3O5S. The number of hydrogen-bond acceptors (Lipinski definition) is 5. The number of nitrogens with zero attached hydrogens (tertiary/aromatic N) is 1. The summed E-state index contributed by atoms with van der Waals surface area (Å²) < 4.78 is 32.5. The summed E-state index contributed by atoms with van der Waals surface area (Å²) in [6.07, 6.45) is 4.18. The molecule has 2 N–H and O–H groups in total. The van der Waals surface area contributed by atoms with E-state index < -0.39 is 15.9 Å². The Balaban J connectivity index is 1.61. The van der Waals surface area contributed by atoms with Gasteiger partial charge in [-0.05, 0) is 50.1 Å². The fourth-order valence-electron chi connectivity index (χ4n) is 3.29. The zero-order valence-corrected chi connectivity index (χ0v) is 17.1. The lowest BCUT2D eigenvalue weighted by atomic mass is 10.1. The Morgan fingerprint density at radius 3 is 2.72 bits per heavy atom. The van der Waals surface area contributed by atoms with Crippen molar-refractivity contribution in [2.45, 2.75) is 43.7 Å². The molecule has 1 aromatic heterocycles. The number of carbonyl (C=O) groups is 2. The molecule has 1 aromatic carbocycles. The smallest absolute Gasteiger partial charge is 0.251 e. The first-order valence-corrected chi connectivity index (χ1v) is 11.0. The van der Waals surface area contributed by atoms with Crippen LogP contribution in [0, 0.1) is 0 Å². The van der Waals surface area contributed by atoms with E-state index in [1.165, 1.54) is 34.8 Å². The topological polar surface area (TPSA) is 109 Å². The lowest BCUT2D eigenvalue weighted by Gasteiger charge is -2.32. The van der Waals surface area contributed by atoms with Gasteiger partial charge in [-0.2, -0.15) is 4.31 Å². The van der Waals surface area contributed by atoms with Gasteiger partial charge in [0.25, 0.3) is 5.91 Å². The van der Waals surface area contributed by atoms with Crippen molar-refractivity contribution in [1.82, 2.24) is 14.9 Å². The van der Waals surface area contributed by atoms with E-state index in [0.717, 1.165) is 19.3 Å². The first-order valence-electron chi connectivity index (χ1n) is 9.57. The van der Waals surface area contributed by atoms with Crippen LogP contribution in [0.25, 0.3) is 0 Å². The number of nitrogens with one attached hydrogen (secondary N) is 2. The quantitative estimate of drug-likeness (QED) is 0.712. The number of amides is 2. The van der Waals surface area contributed by atoms with Crippen LogP contribution in [0.4, 0.5) is 0 Å². The number of carbonyl (C=O) groups excluding carboxylic acids is 2. The van der Waals surface area contributed by atoms with Crippen molar-refractivity contribution < 1.29 is 22.4 Å². The molecule has 8 nitrogen and oxygen atoms in total. The molecule has 0 spiro atoms. The van der Waals surface area contributed by atoms with E-state index in [1.54, 1.807) is 12.1 Å². The number of rotatable bonds is 7. The second-order valence-corrected chi connectivity index (χ2v) is 8.92. The molecule has 0 bridgehead atoms. The van der Waals surface area contributed by atoms with Crippen LogP contribution in [0.2, 0.25) is 0 Å². The first kappa shape index (κ1) is 21.1. The number of sulfonamides is 1. The molecule has 3 rings (SSSR count). The molecule has 2 heterocycles. The molecule has 2 aromatic rings. The third kappa shape index (κ3) is 5.24. The Bertz CT molecular complexity index is 956. The Kier molecular flexibility index (Phi) is 6.71. The molecule has 1 fully saturated rings. The Morgan fingerprint density at radius 2 is 2.00 bits per heavy atom. The summed E-state index contributed by atoms with van der Waals surface area (Å²) in [5.41, 5.74) is 0.189. The number of benzene rings is 1. The normalized spacial score (nSPS) is 17.6. The minimum atomic E-state index is -3.67. The monoisotopic (exact) mass is 419 g/mol. The van der Waals surface area contributed by atoms with Crippen molar-refractivity contribution in [3.8, 4) is 0 Å². The zero-order valence-electron chi connectivity index (χ0n) is 16.3. The summed E-state index contributed by atoms with van der Waals surface area (Å²) in [7, 11) is -3.67. The number of furan rings is 1. The van der Waals surface area contributed by atoms with Crippen molar-refractivity contribution in [2.75, 3.05) is 13.1 Å². The largest absolute Gasteiger partial charge is 0.467 e. The number of piperidine rings is 1. The summed E-state index contributed by atoms with van der Waals surface area (Å²) in [4.78, 5) is 24.3. The molecule has 0 radical (unpaired) electrons. The Labute approximate surface area is 170 Å². The summed E-state index contributed by atoms with van der Waals surface area (Å²) in [5, 5.41) is 5.13. The van der Waals surface area contributed by atoms with Crippen LogP contribution in [0.3, 0.4) is 0 Å². The molecule has 0 saturated carbocycles. The highest BCUT2D eigenvalue weighted by molar-refractivity contribution is 7.89. The van der Waals surface area contributed by atoms with Gasteiger partial charge in [0.1, 0.15) is 5.76 Å². The van der Waals surface area contributed by atoms with Crippen molar-refractivity contribution in [3.05, 3.63) is 54.0 Å². The summed E-state index contributed by atoms with van der Waals surface area (Å²) >= 11 is 0. The second-order valence-electron chi connectivity index (χ2n) is 7.03. The van der Waals surface area contributed by atoms with E-state index in [9.17, 15) is 18.0 Å². The molecule has 1 aliphatic rings. The lowest BCUT2D eigenvalue weighted by molar-refractivity contribution is -0.120. The summed E-state index contributed by atoms with van der Waals surface area (Å²) in [6, 6.07) is 9.28. The molecular weight excluding hydrogens is 394 g/mol. The highest BCUT2D eigenvalue weighted by atomic mass is 32.2. The van der Waals surface area contributed by atoms with Crippen LogP contribution in [0.15, 0.2) is 52.0 Å². The van der Waals surface area contributed by atoms with Crippen LogP contribution >= 0.6 is 0 Å². The van der Waals surface area contributed by atoms with Gasteiger partial charge < -0.3 is 15.1 Å². The maximum atomic E-state index is 13.0. The van der Waals surface area contributed by atoms with Crippen LogP contribution in [0.1, 0.15) is 42.3 Å². The van der Waals surface area contributed by atoms with Crippen LogP contribution in [-0.2, 0) is 21.4 Å². The molecule has 29 heavy (non-hydrogen) atoms. The van der Waals surface area contributed by atoms with Crippen molar-refractivity contribution in [1.29, 1.82) is 0 Å². The minimum absolute atomic E-state index is 0.0657. The fraction of sp³-hybridized carbons (Fsp3) is 0.400. The van der Waals surface area contributed by atoms with Gasteiger partial charge >= 0.3 is 0 Å². The van der Waals surface area contributed by atoms with Crippen molar-refractivity contribution in [2.24, 2.45) is 0 Å². The third-order valence-corrected chi connectivity index (χ3v) is 6.90. The number of hydrogen-bond donors (Lipinski definition) is 2. The maximum Gasteiger partial charge on any atom is 0.251 e. The van der Waals surface area contributed by atoms with Gasteiger partial charge in [0.05, 0.1) is 24.2 Å². The van der Waals surface area contributed by atoms with E-state index in [2.05, 4.69) is 10.6 Å². The van der Waals surface area contributed by atoms with E-state index in [4.69, 9.17) is 4.42 Å². The molecule has 1 aliphatic heterocycles. The summed E-state index contributed by atoms with van der Waals surface area (Å²) in [5.74, 6) is -0.280. The van der Waals surface area contributed by atoms with Gasteiger partial charge in [0, 0.05) is 18.2 Å². The van der Waals surface area contributed by atoms with Gasteiger partial charge in [-0.15, -0.1) is 0 Å². The lowest BCUT2D eigenvalue weighted by Crippen LogP contribution is -2.42. The average molecular weight is 420 g/mol. The molecule has 1 atom stereocenters. The standard InChI is InChI=1S/C20H25N3O5S/c1-15-6-2-3-10-23(15)29(26,27)18-9-4-7-16(12-18)20(25)22-14-19(24)21-13-17-8-5-11-28-17/h4-5,7-9,11-12,15H,2-3,6,10,13-14H2,1H3,(H,21,24)(H,22,25)/t15-/m0/s1. The Morgan fingerprint density at radius 1 is 1.17 bits per heavy atom. The van der Waals surface area contributed by atoms with Crippen molar-refractivity contribution in [3.63, 3.8) is 0 Å². The fourth-order valence-corrected chi connectivity index (χ4v) is 5.03. The van der Waals surface area contributed by atoms with Gasteiger partial charge in [-0.1, -0.05) is 12.5 Å². The van der Waals surface area contributed by atoms with Crippen LogP contribution in [0.5, 0.6) is 0 Å². The Hall–Kier alpha value is -2.65. The SMILES string of the molecule is C[C@H]1CCCCN1S(=O)(=O)c1cccc(C(=O)NCC(=O)NCc2ccco2)c1. The van der Waals surface area contributed by atoms with Crippen molar-refractivity contribution >= 4 is 21.8 Å². The second kappa shape index (κ2) is 9.23. The van der Waals surface area contributed by atoms with E-state index in [0.29, 0.717) is 12.3 Å². The third-order valence-electron chi connectivity index (χ3n) is 4.89. The highest BCUT2D eigenvalue weighted by Gasteiger charge is 2.31. The maximum absolute atomic E-state index is 13.0. The van der Waals surface area contributed by atoms with Crippen LogP contribution < -0.4 is 10.6 Å². The first-order chi connectivity index (χ1) is 13.9. The predicted molar refractivity (Wildman–Crippen MR) is 107 cm³/mol. The molecule has 9 heteroatoms. The average Bonchev–Trinajstić information content (AvgIpc) is 3.24. The van der Waals surface area contributed by atoms with E-state index in [1.807, 2.05) is 6.92 Å². The molecule has 156 valence electrons. The predicted octanol–water partition coefficient (Wildman–Crippen LogP) is 1.89. The molecule has 0 unspecified atom stereocenters. The van der Waals surface area contributed by atoms with Gasteiger partial charge in [-0.3, -0.25) is 9.59 Å². The van der Waals surface area contributed by atoms with Gasteiger partial charge in [-0.25, -0.2) is 8.42 Å². The van der Waals surface area contributed by atoms with E-state index in [-0.39, 0.29) is 35.5 Å². The highest BCUT2D eigenvalue weighted by Crippen LogP contribution is 2.25. The zero-order chi connectivity index (χ0) is 20.9. The van der Waals surface area contributed by atoms with E-state index >= 15 is 0 Å². The molecule has 0 aliphatic carbocycles. The minimum Gasteiger partial charge on any atom is -0.467 e. The van der Waals surface area contributed by atoms with Gasteiger partial charge in [0.15, 0.2) is 0 Å². The molecule has 2 amide bonds. The van der Waals surface area contributed by atoms with Crippen LogP contribution in [-0.4, -0.2) is 43.7 Å². The summed E-state index contributed by atoms with van der Waals surface area (Å²) in [6.45, 7) is 2.38. The molecule has 1 saturated heterocycles.